The van der Waals surface area contributed by atoms with Crippen LogP contribution in [0.1, 0.15) is 24.3 Å². The van der Waals surface area contributed by atoms with E-state index in [1.54, 1.807) is 19.1 Å². The van der Waals surface area contributed by atoms with Crippen LogP contribution in [0, 0.1) is 18.7 Å². The molecular formula is C15H19ClFN3O. The maximum absolute atomic E-state index is 13.2. The third kappa shape index (κ3) is 3.80. The van der Waals surface area contributed by atoms with Crippen LogP contribution in [0.5, 0.6) is 0 Å². The molecule has 4 nitrogen and oxygen atoms in total. The van der Waals surface area contributed by atoms with Crippen molar-refractivity contribution >= 4 is 12.4 Å². The normalized spacial score (nSPS) is 17.7. The number of aryl methyl sites for hydroxylation is 2. The van der Waals surface area contributed by atoms with Crippen LogP contribution in [-0.4, -0.2) is 23.2 Å². The zero-order valence-electron chi connectivity index (χ0n) is 11.9. The summed E-state index contributed by atoms with van der Waals surface area (Å²) in [6, 6.07) is 4.85. The van der Waals surface area contributed by atoms with Gasteiger partial charge in [-0.25, -0.2) is 4.39 Å². The van der Waals surface area contributed by atoms with Crippen LogP contribution >= 0.6 is 12.4 Å². The van der Waals surface area contributed by atoms with Crippen molar-refractivity contribution in [3.63, 3.8) is 0 Å². The lowest BCUT2D eigenvalue weighted by atomic mass is 10.0. The Bertz CT molecular complexity index is 596. The predicted octanol–water partition coefficient (Wildman–Crippen LogP) is 3.15. The first-order valence-corrected chi connectivity index (χ1v) is 7.02. The first-order chi connectivity index (χ1) is 9.72. The van der Waals surface area contributed by atoms with Crippen LogP contribution in [0.3, 0.4) is 0 Å². The third-order valence-electron chi connectivity index (χ3n) is 3.81. The molecule has 114 valence electrons. The monoisotopic (exact) mass is 311 g/mol. The number of halogens is 2. The van der Waals surface area contributed by atoms with Crippen molar-refractivity contribution in [2.75, 3.05) is 13.1 Å². The Kier molecular flexibility index (Phi) is 5.31. The van der Waals surface area contributed by atoms with Crippen molar-refractivity contribution in [2.24, 2.45) is 5.92 Å². The molecule has 0 radical (unpaired) electrons. The van der Waals surface area contributed by atoms with E-state index in [0.29, 0.717) is 23.2 Å². The molecule has 0 aliphatic carbocycles. The van der Waals surface area contributed by atoms with Crippen LogP contribution in [0.4, 0.5) is 4.39 Å². The van der Waals surface area contributed by atoms with E-state index in [-0.39, 0.29) is 18.2 Å². The lowest BCUT2D eigenvalue weighted by molar-refractivity contribution is 0.365. The smallest absolute Gasteiger partial charge is 0.226 e. The standard InChI is InChI=1S/C15H18FN3O.ClH/c1-10-8-12(3-4-13(10)16)15-18-14(20-19-15)5-2-11-6-7-17-9-11;/h3-4,8,11,17H,2,5-7,9H2,1H3;1H. The van der Waals surface area contributed by atoms with Gasteiger partial charge in [-0.3, -0.25) is 0 Å². The molecule has 1 aliphatic rings. The maximum Gasteiger partial charge on any atom is 0.226 e. The summed E-state index contributed by atoms with van der Waals surface area (Å²) in [6.07, 6.45) is 3.09. The van der Waals surface area contributed by atoms with E-state index >= 15 is 0 Å². The number of rotatable bonds is 4. The Morgan fingerprint density at radius 1 is 1.43 bits per heavy atom. The summed E-state index contributed by atoms with van der Waals surface area (Å²) in [5.74, 6) is 1.69. The quantitative estimate of drug-likeness (QED) is 0.942. The summed E-state index contributed by atoms with van der Waals surface area (Å²) in [5, 5.41) is 7.33. The summed E-state index contributed by atoms with van der Waals surface area (Å²) >= 11 is 0. The zero-order chi connectivity index (χ0) is 13.9. The SMILES string of the molecule is Cc1cc(-c2noc(CCC3CCNC3)n2)ccc1F.Cl. The van der Waals surface area contributed by atoms with E-state index in [1.165, 1.54) is 12.5 Å². The molecule has 1 aromatic heterocycles. The molecule has 0 spiro atoms. The molecule has 1 atom stereocenters. The van der Waals surface area contributed by atoms with Gasteiger partial charge < -0.3 is 9.84 Å². The fourth-order valence-electron chi connectivity index (χ4n) is 2.55. The maximum atomic E-state index is 13.2. The van der Waals surface area contributed by atoms with Crippen LogP contribution in [0.25, 0.3) is 11.4 Å². The minimum atomic E-state index is -0.216. The molecule has 0 bridgehead atoms. The molecule has 21 heavy (non-hydrogen) atoms. The highest BCUT2D eigenvalue weighted by molar-refractivity contribution is 5.85. The van der Waals surface area contributed by atoms with E-state index < -0.39 is 0 Å². The Morgan fingerprint density at radius 3 is 3.00 bits per heavy atom. The zero-order valence-corrected chi connectivity index (χ0v) is 12.8. The summed E-state index contributed by atoms with van der Waals surface area (Å²) in [7, 11) is 0. The van der Waals surface area contributed by atoms with E-state index in [1.807, 2.05) is 0 Å². The number of nitrogens with zero attached hydrogens (tertiary/aromatic N) is 2. The van der Waals surface area contributed by atoms with E-state index in [2.05, 4.69) is 15.5 Å². The van der Waals surface area contributed by atoms with E-state index in [9.17, 15) is 4.39 Å². The second-order valence-corrected chi connectivity index (χ2v) is 5.37. The fraction of sp³-hybridized carbons (Fsp3) is 0.467. The number of aromatic nitrogens is 2. The predicted molar refractivity (Wildman–Crippen MR) is 81.0 cm³/mol. The van der Waals surface area contributed by atoms with E-state index in [0.717, 1.165) is 31.5 Å². The van der Waals surface area contributed by atoms with E-state index in [4.69, 9.17) is 4.52 Å². The fourth-order valence-corrected chi connectivity index (χ4v) is 2.55. The Balaban J connectivity index is 0.00000161. The van der Waals surface area contributed by atoms with Gasteiger partial charge in [0.1, 0.15) is 5.82 Å². The van der Waals surface area contributed by atoms with Crippen LogP contribution in [0.2, 0.25) is 0 Å². The highest BCUT2D eigenvalue weighted by Gasteiger charge is 2.16. The molecular weight excluding hydrogens is 293 g/mol. The Hall–Kier alpha value is -1.46. The molecule has 3 rings (SSSR count). The highest BCUT2D eigenvalue weighted by Crippen LogP contribution is 2.20. The summed E-state index contributed by atoms with van der Waals surface area (Å²) in [5.41, 5.74) is 1.38. The van der Waals surface area contributed by atoms with Gasteiger partial charge in [0.25, 0.3) is 0 Å². The first kappa shape index (κ1) is 15.9. The van der Waals surface area contributed by atoms with Gasteiger partial charge in [-0.15, -0.1) is 12.4 Å². The number of benzene rings is 1. The van der Waals surface area contributed by atoms with Crippen molar-refractivity contribution in [1.82, 2.24) is 15.5 Å². The molecule has 6 heteroatoms. The number of nitrogens with one attached hydrogen (secondary N) is 1. The van der Waals surface area contributed by atoms with Crippen LogP contribution < -0.4 is 5.32 Å². The molecule has 1 saturated heterocycles. The molecule has 0 saturated carbocycles. The summed E-state index contributed by atoms with van der Waals surface area (Å²) in [6.45, 7) is 3.92. The molecule has 1 fully saturated rings. The Labute approximate surface area is 129 Å². The van der Waals surface area contributed by atoms with Crippen LogP contribution in [0.15, 0.2) is 22.7 Å². The van der Waals surface area contributed by atoms with Crippen molar-refractivity contribution < 1.29 is 8.91 Å². The van der Waals surface area contributed by atoms with Gasteiger partial charge in [0.05, 0.1) is 0 Å². The lowest BCUT2D eigenvalue weighted by Gasteiger charge is -2.03. The average molecular weight is 312 g/mol. The van der Waals surface area contributed by atoms with Gasteiger partial charge in [-0.2, -0.15) is 4.98 Å². The van der Waals surface area contributed by atoms with Gasteiger partial charge in [0.15, 0.2) is 0 Å². The highest BCUT2D eigenvalue weighted by atomic mass is 35.5. The Morgan fingerprint density at radius 2 is 2.29 bits per heavy atom. The second-order valence-electron chi connectivity index (χ2n) is 5.37. The second kappa shape index (κ2) is 7.00. The molecule has 1 unspecified atom stereocenters. The topological polar surface area (TPSA) is 51.0 Å². The third-order valence-corrected chi connectivity index (χ3v) is 3.81. The molecule has 2 heterocycles. The van der Waals surface area contributed by atoms with Crippen LogP contribution in [-0.2, 0) is 6.42 Å². The minimum absolute atomic E-state index is 0. The van der Waals surface area contributed by atoms with Crippen molar-refractivity contribution in [3.8, 4) is 11.4 Å². The summed E-state index contributed by atoms with van der Waals surface area (Å²) in [4.78, 5) is 4.39. The molecule has 0 amide bonds. The number of hydrogen-bond acceptors (Lipinski definition) is 4. The molecule has 1 aromatic carbocycles. The molecule has 1 aliphatic heterocycles. The van der Waals surface area contributed by atoms with Gasteiger partial charge >= 0.3 is 0 Å². The van der Waals surface area contributed by atoms with Gasteiger partial charge in [0.2, 0.25) is 11.7 Å². The summed E-state index contributed by atoms with van der Waals surface area (Å²) < 4.78 is 18.5. The molecule has 2 aromatic rings. The molecule has 1 N–H and O–H groups in total. The van der Waals surface area contributed by atoms with Gasteiger partial charge in [-0.05, 0) is 62.5 Å². The van der Waals surface area contributed by atoms with Gasteiger partial charge in [0, 0.05) is 12.0 Å². The van der Waals surface area contributed by atoms with Crippen molar-refractivity contribution in [3.05, 3.63) is 35.5 Å². The first-order valence-electron chi connectivity index (χ1n) is 7.02. The van der Waals surface area contributed by atoms with Crippen molar-refractivity contribution in [1.29, 1.82) is 0 Å². The minimum Gasteiger partial charge on any atom is -0.339 e. The largest absolute Gasteiger partial charge is 0.339 e. The number of hydrogen-bond donors (Lipinski definition) is 1. The lowest BCUT2D eigenvalue weighted by Crippen LogP contribution is -2.09. The van der Waals surface area contributed by atoms with Gasteiger partial charge in [-0.1, -0.05) is 5.16 Å². The average Bonchev–Trinajstić information content (AvgIpc) is 3.10. The van der Waals surface area contributed by atoms with Crippen molar-refractivity contribution in [2.45, 2.75) is 26.2 Å².